The van der Waals surface area contributed by atoms with Crippen molar-refractivity contribution >= 4 is 29.2 Å². The predicted molar refractivity (Wildman–Crippen MR) is 92.7 cm³/mol. The number of nitrogens with one attached hydrogen (secondary N) is 2. The van der Waals surface area contributed by atoms with Crippen molar-refractivity contribution in [1.29, 1.82) is 0 Å². The minimum Gasteiger partial charge on any atom is -0.507 e. The van der Waals surface area contributed by atoms with Crippen molar-refractivity contribution in [3.05, 3.63) is 54.1 Å². The van der Waals surface area contributed by atoms with Crippen molar-refractivity contribution in [2.75, 3.05) is 11.9 Å². The molecule has 22 heavy (non-hydrogen) atoms. The molecule has 2 aromatic rings. The van der Waals surface area contributed by atoms with Gasteiger partial charge >= 0.3 is 0 Å². The smallest absolute Gasteiger partial charge is 0.191 e. The van der Waals surface area contributed by atoms with Crippen LogP contribution in [0.2, 0.25) is 0 Å². The fourth-order valence-electron chi connectivity index (χ4n) is 1.72. The quantitative estimate of drug-likeness (QED) is 0.449. The van der Waals surface area contributed by atoms with Gasteiger partial charge in [0.15, 0.2) is 5.11 Å². The fraction of sp³-hybridized carbons (Fsp3) is 0.125. The van der Waals surface area contributed by atoms with E-state index in [1.54, 1.807) is 18.2 Å². The average molecular weight is 315 g/mol. The average Bonchev–Trinajstić information content (AvgIpc) is 2.51. The number of nitrogens with zero attached hydrogens (tertiary/aromatic N) is 1. The Morgan fingerprint density at radius 3 is 2.64 bits per heavy atom. The number of hydrazone groups is 1. The number of hydrogen-bond donors (Lipinski definition) is 3. The van der Waals surface area contributed by atoms with E-state index in [1.807, 2.05) is 37.3 Å². The zero-order chi connectivity index (χ0) is 15.8. The molecule has 2 aromatic carbocycles. The summed E-state index contributed by atoms with van der Waals surface area (Å²) in [5.41, 5.74) is 4.14. The van der Waals surface area contributed by atoms with Gasteiger partial charge in [0.05, 0.1) is 12.8 Å². The monoisotopic (exact) mass is 315 g/mol. The molecular weight excluding hydrogens is 298 g/mol. The lowest BCUT2D eigenvalue weighted by Crippen LogP contribution is -2.23. The number of ether oxygens (including phenoxy) is 1. The van der Waals surface area contributed by atoms with Crippen molar-refractivity contribution in [3.63, 3.8) is 0 Å². The van der Waals surface area contributed by atoms with Gasteiger partial charge in [-0.2, -0.15) is 5.10 Å². The second-order valence-corrected chi connectivity index (χ2v) is 4.75. The molecule has 0 bridgehead atoms. The maximum absolute atomic E-state index is 9.60. The Balaban J connectivity index is 1.86. The summed E-state index contributed by atoms with van der Waals surface area (Å²) in [6.45, 7) is 2.57. The Morgan fingerprint density at radius 1 is 1.23 bits per heavy atom. The van der Waals surface area contributed by atoms with Gasteiger partial charge in [0.1, 0.15) is 11.5 Å². The molecule has 0 saturated heterocycles. The highest BCUT2D eigenvalue weighted by atomic mass is 32.1. The number of phenols is 1. The van der Waals surface area contributed by atoms with Gasteiger partial charge in [0.25, 0.3) is 0 Å². The Kier molecular flexibility index (Phi) is 5.73. The largest absolute Gasteiger partial charge is 0.507 e. The standard InChI is InChI=1S/C16H17N3O2S/c1-2-21-14-9-7-13(8-10-14)18-16(22)19-17-11-12-5-3-4-6-15(12)20/h3-11,20H,2H2,1H3,(H2,18,19,22)/b17-11+. The first-order valence-corrected chi connectivity index (χ1v) is 7.21. The molecule has 0 heterocycles. The first-order valence-electron chi connectivity index (χ1n) is 6.80. The molecule has 0 spiro atoms. The molecule has 114 valence electrons. The Bertz CT molecular complexity index is 657. The Morgan fingerprint density at radius 2 is 1.95 bits per heavy atom. The van der Waals surface area contributed by atoms with Gasteiger partial charge in [-0.3, -0.25) is 5.43 Å². The maximum Gasteiger partial charge on any atom is 0.191 e. The molecule has 6 heteroatoms. The SMILES string of the molecule is CCOc1ccc(NC(=S)N/N=C/c2ccccc2O)cc1. The molecule has 0 aliphatic rings. The topological polar surface area (TPSA) is 65.9 Å². The summed E-state index contributed by atoms with van der Waals surface area (Å²) in [5, 5.41) is 16.9. The summed E-state index contributed by atoms with van der Waals surface area (Å²) in [6.07, 6.45) is 1.50. The normalized spacial score (nSPS) is 10.4. The van der Waals surface area contributed by atoms with Crippen molar-refractivity contribution in [2.24, 2.45) is 5.10 Å². The van der Waals surface area contributed by atoms with Crippen molar-refractivity contribution in [2.45, 2.75) is 6.92 Å². The number of hydrogen-bond acceptors (Lipinski definition) is 4. The molecule has 0 fully saturated rings. The van der Waals surface area contributed by atoms with Crippen molar-refractivity contribution in [1.82, 2.24) is 5.43 Å². The zero-order valence-corrected chi connectivity index (χ0v) is 12.9. The van der Waals surface area contributed by atoms with Crippen LogP contribution in [0.15, 0.2) is 53.6 Å². The van der Waals surface area contributed by atoms with Gasteiger partial charge in [-0.25, -0.2) is 0 Å². The van der Waals surface area contributed by atoms with E-state index in [0.717, 1.165) is 11.4 Å². The van der Waals surface area contributed by atoms with Gasteiger partial charge < -0.3 is 15.2 Å². The highest BCUT2D eigenvalue weighted by Crippen LogP contribution is 2.15. The van der Waals surface area contributed by atoms with Crippen LogP contribution in [0.3, 0.4) is 0 Å². The third-order valence-corrected chi connectivity index (χ3v) is 2.92. The van der Waals surface area contributed by atoms with Gasteiger partial charge in [0, 0.05) is 11.3 Å². The zero-order valence-electron chi connectivity index (χ0n) is 12.1. The molecular formula is C16H17N3O2S. The van der Waals surface area contributed by atoms with E-state index in [4.69, 9.17) is 17.0 Å². The lowest BCUT2D eigenvalue weighted by Gasteiger charge is -2.08. The van der Waals surface area contributed by atoms with E-state index in [9.17, 15) is 5.11 Å². The Hall–Kier alpha value is -2.60. The van der Waals surface area contributed by atoms with Crippen LogP contribution in [0.4, 0.5) is 5.69 Å². The number of aromatic hydroxyl groups is 1. The minimum absolute atomic E-state index is 0.165. The van der Waals surface area contributed by atoms with Gasteiger partial charge in [0.2, 0.25) is 0 Å². The number of thiocarbonyl (C=S) groups is 1. The highest BCUT2D eigenvalue weighted by molar-refractivity contribution is 7.80. The van der Waals surface area contributed by atoms with E-state index < -0.39 is 0 Å². The molecule has 0 aromatic heterocycles. The fourth-order valence-corrected chi connectivity index (χ4v) is 1.89. The molecule has 0 unspecified atom stereocenters. The second kappa shape index (κ2) is 7.99. The van der Waals surface area contributed by atoms with Crippen LogP contribution in [0.25, 0.3) is 0 Å². The summed E-state index contributed by atoms with van der Waals surface area (Å²) >= 11 is 5.14. The summed E-state index contributed by atoms with van der Waals surface area (Å²) < 4.78 is 5.37. The lowest BCUT2D eigenvalue weighted by atomic mass is 10.2. The van der Waals surface area contributed by atoms with E-state index in [1.165, 1.54) is 6.21 Å². The minimum atomic E-state index is 0.165. The van der Waals surface area contributed by atoms with Crippen LogP contribution < -0.4 is 15.5 Å². The molecule has 0 amide bonds. The molecule has 0 aliphatic carbocycles. The number of rotatable bonds is 5. The third kappa shape index (κ3) is 4.75. The van der Waals surface area contributed by atoms with Gasteiger partial charge in [-0.05, 0) is 55.5 Å². The molecule has 0 saturated carbocycles. The summed E-state index contributed by atoms with van der Waals surface area (Å²) in [6, 6.07) is 14.4. The highest BCUT2D eigenvalue weighted by Gasteiger charge is 1.98. The first kappa shape index (κ1) is 15.8. The molecule has 3 N–H and O–H groups in total. The summed E-state index contributed by atoms with van der Waals surface area (Å²) in [5.74, 6) is 0.975. The molecule has 0 aliphatic heterocycles. The lowest BCUT2D eigenvalue weighted by molar-refractivity contribution is 0.340. The van der Waals surface area contributed by atoms with Gasteiger partial charge in [-0.15, -0.1) is 0 Å². The summed E-state index contributed by atoms with van der Waals surface area (Å²) in [4.78, 5) is 0. The predicted octanol–water partition coefficient (Wildman–Crippen LogP) is 3.11. The van der Waals surface area contributed by atoms with E-state index in [2.05, 4.69) is 15.8 Å². The Labute approximate surface area is 134 Å². The van der Waals surface area contributed by atoms with Gasteiger partial charge in [-0.1, -0.05) is 12.1 Å². The van der Waals surface area contributed by atoms with E-state index in [0.29, 0.717) is 17.3 Å². The van der Waals surface area contributed by atoms with Crippen LogP contribution in [-0.2, 0) is 0 Å². The van der Waals surface area contributed by atoms with Crippen LogP contribution in [0.1, 0.15) is 12.5 Å². The number of para-hydroxylation sites is 1. The first-order chi connectivity index (χ1) is 10.7. The van der Waals surface area contributed by atoms with E-state index >= 15 is 0 Å². The number of anilines is 1. The van der Waals surface area contributed by atoms with Crippen LogP contribution in [0, 0.1) is 0 Å². The molecule has 0 radical (unpaired) electrons. The van der Waals surface area contributed by atoms with E-state index in [-0.39, 0.29) is 5.75 Å². The molecule has 0 atom stereocenters. The summed E-state index contributed by atoms with van der Waals surface area (Å²) in [7, 11) is 0. The van der Waals surface area contributed by atoms with Crippen LogP contribution >= 0.6 is 12.2 Å². The third-order valence-electron chi connectivity index (χ3n) is 2.73. The van der Waals surface area contributed by atoms with Crippen molar-refractivity contribution < 1.29 is 9.84 Å². The second-order valence-electron chi connectivity index (χ2n) is 4.34. The van der Waals surface area contributed by atoms with Crippen LogP contribution in [-0.4, -0.2) is 23.0 Å². The van der Waals surface area contributed by atoms with Crippen LogP contribution in [0.5, 0.6) is 11.5 Å². The number of phenolic OH excluding ortho intramolecular Hbond substituents is 1. The maximum atomic E-state index is 9.60. The molecule has 2 rings (SSSR count). The number of benzene rings is 2. The van der Waals surface area contributed by atoms with Crippen molar-refractivity contribution in [3.8, 4) is 11.5 Å². The molecule has 5 nitrogen and oxygen atoms in total.